The van der Waals surface area contributed by atoms with Crippen LogP contribution in [0, 0.1) is 23.6 Å². The monoisotopic (exact) mass is 549 g/mol. The number of piperidine rings is 1. The first-order valence-corrected chi connectivity index (χ1v) is 14.3. The first-order valence-electron chi connectivity index (χ1n) is 13.9. The van der Waals surface area contributed by atoms with E-state index < -0.39 is 5.82 Å². The number of carbonyl (C=O) groups excluding carboxylic acids is 1. The van der Waals surface area contributed by atoms with Gasteiger partial charge in [0.15, 0.2) is 0 Å². The second-order valence-corrected chi connectivity index (χ2v) is 11.3. The lowest BCUT2D eigenvalue weighted by Gasteiger charge is -2.32. The van der Waals surface area contributed by atoms with Gasteiger partial charge in [-0.2, -0.15) is 0 Å². The van der Waals surface area contributed by atoms with Crippen LogP contribution in [0.25, 0.3) is 0 Å². The highest BCUT2D eigenvalue weighted by atomic mass is 35.5. The van der Waals surface area contributed by atoms with E-state index in [9.17, 15) is 9.18 Å². The fourth-order valence-electron chi connectivity index (χ4n) is 6.21. The molecule has 3 aromatic rings. The molecule has 2 fully saturated rings. The predicted molar refractivity (Wildman–Crippen MR) is 149 cm³/mol. The van der Waals surface area contributed by atoms with E-state index in [4.69, 9.17) is 16.3 Å². The van der Waals surface area contributed by atoms with Crippen molar-refractivity contribution in [1.29, 1.82) is 0 Å². The van der Waals surface area contributed by atoms with Crippen LogP contribution in [0.4, 0.5) is 16.0 Å². The predicted octanol–water partition coefficient (Wildman–Crippen LogP) is 5.51. The van der Waals surface area contributed by atoms with Gasteiger partial charge in [-0.3, -0.25) is 9.78 Å². The van der Waals surface area contributed by atoms with Gasteiger partial charge in [0.25, 0.3) is 0 Å². The zero-order valence-electron chi connectivity index (χ0n) is 21.9. The molecule has 9 heteroatoms. The average Bonchev–Trinajstić information content (AvgIpc) is 3.74. The molecule has 1 aliphatic carbocycles. The van der Waals surface area contributed by atoms with Crippen molar-refractivity contribution in [2.24, 2.45) is 17.8 Å². The second kappa shape index (κ2) is 11.5. The Bertz CT molecular complexity index is 1310. The SMILES string of the molecule is O=C(Cc1ccc(OCC[C@@H]2C[C@@H]2C2CCN(c3ncc(Cl)cn3)CC2)cc1F)N1CCCc2cnccc21. The van der Waals surface area contributed by atoms with Crippen LogP contribution < -0.4 is 14.5 Å². The Kier molecular flexibility index (Phi) is 7.64. The van der Waals surface area contributed by atoms with Crippen molar-refractivity contribution in [2.45, 2.75) is 44.9 Å². The molecule has 204 valence electrons. The van der Waals surface area contributed by atoms with E-state index in [2.05, 4.69) is 19.9 Å². The molecule has 0 spiro atoms. The standard InChI is InChI=1S/C30H33ClFN5O2/c31-24-18-34-30(35-19-24)36-11-6-20(7-12-36)26-14-21(26)8-13-39-25-4-3-22(27(32)16-25)15-29(38)37-10-1-2-23-17-33-9-5-28(23)37/h3-5,9,16-21,26H,1-2,6-8,10-15H2/t21-,26-/m1/s1. The third-order valence-corrected chi connectivity index (χ3v) is 8.63. The number of halogens is 2. The summed E-state index contributed by atoms with van der Waals surface area (Å²) in [7, 11) is 0. The minimum Gasteiger partial charge on any atom is -0.493 e. The van der Waals surface area contributed by atoms with Gasteiger partial charge in [-0.15, -0.1) is 0 Å². The summed E-state index contributed by atoms with van der Waals surface area (Å²) in [5, 5.41) is 0.558. The molecule has 7 nitrogen and oxygen atoms in total. The third-order valence-electron chi connectivity index (χ3n) is 8.43. The van der Waals surface area contributed by atoms with Crippen molar-refractivity contribution < 1.29 is 13.9 Å². The number of carbonyl (C=O) groups is 1. The van der Waals surface area contributed by atoms with Crippen LogP contribution in [0.1, 0.15) is 43.2 Å². The molecule has 2 aliphatic heterocycles. The Hall–Kier alpha value is -3.26. The van der Waals surface area contributed by atoms with Crippen molar-refractivity contribution >= 4 is 29.1 Å². The van der Waals surface area contributed by atoms with Crippen LogP contribution in [0.5, 0.6) is 5.75 Å². The first-order chi connectivity index (χ1) is 19.0. The van der Waals surface area contributed by atoms with Crippen LogP contribution in [-0.4, -0.2) is 47.1 Å². The number of fused-ring (bicyclic) bond motifs is 1. The Morgan fingerprint density at radius 2 is 1.92 bits per heavy atom. The van der Waals surface area contributed by atoms with Crippen molar-refractivity contribution in [3.8, 4) is 5.75 Å². The highest BCUT2D eigenvalue weighted by Gasteiger charge is 2.43. The molecular weight excluding hydrogens is 517 g/mol. The lowest BCUT2D eigenvalue weighted by molar-refractivity contribution is -0.118. The fraction of sp³-hybridized carbons (Fsp3) is 0.467. The van der Waals surface area contributed by atoms with E-state index in [1.54, 1.807) is 35.6 Å². The van der Waals surface area contributed by atoms with E-state index >= 15 is 0 Å². The summed E-state index contributed by atoms with van der Waals surface area (Å²) in [5.41, 5.74) is 2.35. The van der Waals surface area contributed by atoms with E-state index in [1.807, 2.05) is 12.3 Å². The number of rotatable bonds is 8. The number of pyridine rings is 1. The van der Waals surface area contributed by atoms with Gasteiger partial charge in [-0.25, -0.2) is 14.4 Å². The number of amides is 1. The molecule has 0 unspecified atom stereocenters. The molecule has 3 aliphatic rings. The van der Waals surface area contributed by atoms with Crippen LogP contribution in [0.2, 0.25) is 5.02 Å². The van der Waals surface area contributed by atoms with E-state index in [0.717, 1.165) is 74.2 Å². The number of benzene rings is 1. The van der Waals surface area contributed by atoms with Gasteiger partial charge in [-0.05, 0) is 79.5 Å². The van der Waals surface area contributed by atoms with Crippen molar-refractivity contribution in [3.05, 3.63) is 71.0 Å². The molecule has 1 saturated carbocycles. The minimum absolute atomic E-state index is 0.0284. The van der Waals surface area contributed by atoms with E-state index in [1.165, 1.54) is 12.5 Å². The van der Waals surface area contributed by atoms with Crippen LogP contribution in [-0.2, 0) is 17.6 Å². The molecule has 1 amide bonds. The largest absolute Gasteiger partial charge is 0.493 e. The van der Waals surface area contributed by atoms with E-state index in [-0.39, 0.29) is 12.3 Å². The normalized spacial score (nSPS) is 21.0. The van der Waals surface area contributed by atoms with Gasteiger partial charge in [0.1, 0.15) is 11.6 Å². The van der Waals surface area contributed by atoms with Gasteiger partial charge in [0.05, 0.1) is 30.4 Å². The summed E-state index contributed by atoms with van der Waals surface area (Å²) in [6.45, 7) is 3.18. The zero-order chi connectivity index (χ0) is 26.8. The minimum atomic E-state index is -0.395. The average molecular weight is 550 g/mol. The van der Waals surface area contributed by atoms with Crippen molar-refractivity contribution in [3.63, 3.8) is 0 Å². The molecule has 0 radical (unpaired) electrons. The van der Waals surface area contributed by atoms with Crippen LogP contribution in [0.15, 0.2) is 49.1 Å². The molecule has 2 atom stereocenters. The molecule has 1 saturated heterocycles. The maximum atomic E-state index is 14.9. The first kappa shape index (κ1) is 26.0. The Balaban J connectivity index is 0.943. The summed E-state index contributed by atoms with van der Waals surface area (Å²) in [4.78, 5) is 29.8. The summed E-state index contributed by atoms with van der Waals surface area (Å²) in [5.74, 6) is 2.95. The van der Waals surface area contributed by atoms with Crippen LogP contribution in [0.3, 0.4) is 0 Å². The van der Waals surface area contributed by atoms with Gasteiger partial charge in [-0.1, -0.05) is 17.7 Å². The lowest BCUT2D eigenvalue weighted by atomic mass is 9.90. The molecule has 0 N–H and O–H groups in total. The zero-order valence-corrected chi connectivity index (χ0v) is 22.7. The fourth-order valence-corrected chi connectivity index (χ4v) is 6.30. The number of anilines is 2. The van der Waals surface area contributed by atoms with Gasteiger partial charge in [0, 0.05) is 43.8 Å². The molecule has 4 heterocycles. The maximum Gasteiger partial charge on any atom is 0.231 e. The molecule has 1 aromatic carbocycles. The summed E-state index contributed by atoms with van der Waals surface area (Å²) in [6, 6.07) is 6.73. The number of hydrogen-bond acceptors (Lipinski definition) is 6. The number of aryl methyl sites for hydroxylation is 1. The quantitative estimate of drug-likeness (QED) is 0.369. The third kappa shape index (κ3) is 6.01. The number of hydrogen-bond donors (Lipinski definition) is 0. The highest BCUT2D eigenvalue weighted by molar-refractivity contribution is 6.30. The number of nitrogens with zero attached hydrogens (tertiary/aromatic N) is 5. The Morgan fingerprint density at radius 3 is 2.72 bits per heavy atom. The summed E-state index contributed by atoms with van der Waals surface area (Å²) < 4.78 is 20.8. The maximum absolute atomic E-state index is 14.9. The highest BCUT2D eigenvalue weighted by Crippen LogP contribution is 2.49. The second-order valence-electron chi connectivity index (χ2n) is 10.9. The molecule has 0 bridgehead atoms. The summed E-state index contributed by atoms with van der Waals surface area (Å²) in [6.07, 6.45) is 13.2. The number of aromatic nitrogens is 3. The van der Waals surface area contributed by atoms with Gasteiger partial charge >= 0.3 is 0 Å². The Morgan fingerprint density at radius 1 is 1.10 bits per heavy atom. The topological polar surface area (TPSA) is 71.5 Å². The van der Waals surface area contributed by atoms with Crippen molar-refractivity contribution in [1.82, 2.24) is 15.0 Å². The molecule has 39 heavy (non-hydrogen) atoms. The smallest absolute Gasteiger partial charge is 0.231 e. The van der Waals surface area contributed by atoms with Gasteiger partial charge < -0.3 is 14.5 Å². The summed E-state index contributed by atoms with van der Waals surface area (Å²) >= 11 is 5.91. The number of ether oxygens (including phenoxy) is 1. The molecular formula is C30H33ClFN5O2. The molecule has 2 aromatic heterocycles. The molecule has 6 rings (SSSR count). The van der Waals surface area contributed by atoms with Crippen LogP contribution >= 0.6 is 11.6 Å². The van der Waals surface area contributed by atoms with E-state index in [0.29, 0.717) is 35.4 Å². The van der Waals surface area contributed by atoms with Crippen molar-refractivity contribution in [2.75, 3.05) is 36.0 Å². The van der Waals surface area contributed by atoms with Gasteiger partial charge in [0.2, 0.25) is 11.9 Å². The Labute approximate surface area is 233 Å². The lowest BCUT2D eigenvalue weighted by Crippen LogP contribution is -2.36.